The largest absolute Gasteiger partial charge is 0.325 e. The lowest BCUT2D eigenvalue weighted by molar-refractivity contribution is -0.378. The van der Waals surface area contributed by atoms with Crippen molar-refractivity contribution in [2.45, 2.75) is 20.4 Å². The van der Waals surface area contributed by atoms with Crippen molar-refractivity contribution >= 4 is 63.2 Å². The molecule has 0 atom stereocenters. The average Bonchev–Trinajstić information content (AvgIpc) is 2.91. The fourth-order valence-corrected chi connectivity index (χ4v) is 5.22. The van der Waals surface area contributed by atoms with Gasteiger partial charge in [-0.15, -0.1) is 0 Å². The van der Waals surface area contributed by atoms with Gasteiger partial charge in [0.15, 0.2) is 18.2 Å². The summed E-state index contributed by atoms with van der Waals surface area (Å²) in [5, 5.41) is 4.50. The number of carbonyl (C=O) groups excluding carboxylic acids is 2. The number of ketones is 1. The van der Waals surface area contributed by atoms with Gasteiger partial charge in [-0.2, -0.15) is 0 Å². The predicted molar refractivity (Wildman–Crippen MR) is 158 cm³/mol. The minimum atomic E-state index is -0.576. The van der Waals surface area contributed by atoms with Gasteiger partial charge in [0.05, 0.1) is 22.9 Å². The molecule has 0 aliphatic carbocycles. The molecule has 1 amide bonds. The summed E-state index contributed by atoms with van der Waals surface area (Å²) in [5.41, 5.74) is 2.91. The molecule has 3 heterocycles. The Labute approximate surface area is 244 Å². The Bertz CT molecular complexity index is 1850. The van der Waals surface area contributed by atoms with Gasteiger partial charge in [-0.1, -0.05) is 46.9 Å². The van der Waals surface area contributed by atoms with Gasteiger partial charge in [0.2, 0.25) is 5.91 Å². The first-order valence-corrected chi connectivity index (χ1v) is 13.3. The van der Waals surface area contributed by atoms with Crippen molar-refractivity contribution in [3.8, 4) is 22.4 Å². The average molecular weight is 593 g/mol. The zero-order valence-electron chi connectivity index (χ0n) is 21.4. The molecule has 0 radical (unpaired) electrons. The van der Waals surface area contributed by atoms with Crippen molar-refractivity contribution in [2.24, 2.45) is 0 Å². The Kier molecular flexibility index (Phi) is 7.72. The van der Waals surface area contributed by atoms with Crippen molar-refractivity contribution in [1.29, 1.82) is 0 Å². The van der Waals surface area contributed by atoms with Crippen LogP contribution in [0, 0.1) is 0 Å². The summed E-state index contributed by atoms with van der Waals surface area (Å²) in [5.74, 6) is -0.918. The van der Waals surface area contributed by atoms with Crippen molar-refractivity contribution < 1.29 is 14.6 Å². The topological polar surface area (TPSA) is 95.2 Å². The number of pyridine rings is 3. The molecule has 2 aromatic carbocycles. The van der Waals surface area contributed by atoms with Crippen LogP contribution in [0.5, 0.6) is 0 Å². The molecular weight excluding hydrogens is 571 g/mol. The van der Waals surface area contributed by atoms with Crippen LogP contribution in [0.3, 0.4) is 0 Å². The number of nitrogens with zero attached hydrogens (tertiary/aromatic N) is 2. The zero-order valence-corrected chi connectivity index (χ0v) is 23.7. The van der Waals surface area contributed by atoms with E-state index in [0.717, 1.165) is 11.1 Å². The van der Waals surface area contributed by atoms with Gasteiger partial charge in [0.25, 0.3) is 5.56 Å². The molecule has 0 saturated carbocycles. The Hall–Kier alpha value is -4.04. The van der Waals surface area contributed by atoms with Crippen LogP contribution in [0.25, 0.3) is 33.4 Å². The van der Waals surface area contributed by atoms with E-state index in [0.29, 0.717) is 37.3 Å². The first-order valence-electron chi connectivity index (χ1n) is 12.2. The van der Waals surface area contributed by atoms with Crippen molar-refractivity contribution in [2.75, 3.05) is 5.32 Å². The van der Waals surface area contributed by atoms with Gasteiger partial charge in [0, 0.05) is 45.1 Å². The third-order valence-electron chi connectivity index (χ3n) is 6.34. The molecule has 0 unspecified atom stereocenters. The van der Waals surface area contributed by atoms with E-state index in [9.17, 15) is 14.4 Å². The number of nitrogens with one attached hydrogen (secondary N) is 2. The quantitative estimate of drug-likeness (QED) is 0.222. The number of Topliss-reactive ketones (excluding diaryl/α,β-unsaturated/α-hetero) is 1. The van der Waals surface area contributed by atoms with Crippen LogP contribution in [-0.4, -0.2) is 21.2 Å². The number of hydrogen-bond acceptors (Lipinski definition) is 4. The molecule has 0 spiro atoms. The summed E-state index contributed by atoms with van der Waals surface area (Å²) in [6.07, 6.45) is 3.51. The standard InChI is InChI=1S/C30H21Cl3N4O3/c1-16(38)26-28(35-17(2)39)24-13-23(19-5-7-20(31)8-6-19)27(22-10-9-21(32)12-25(22)33)36-29(24)37(30(26)40)15-18-4-3-11-34-14-18/h3-14H,15H2,1-2H3,(H,35,39)/p+1. The van der Waals surface area contributed by atoms with E-state index < -0.39 is 17.2 Å². The molecule has 0 bridgehead atoms. The number of aromatic amines is 1. The maximum atomic E-state index is 13.9. The number of anilines is 1. The van der Waals surface area contributed by atoms with E-state index in [2.05, 4.69) is 10.3 Å². The van der Waals surface area contributed by atoms with E-state index in [4.69, 9.17) is 39.8 Å². The van der Waals surface area contributed by atoms with E-state index in [1.54, 1.807) is 48.8 Å². The number of fused-ring (bicyclic) bond motifs is 1. The normalized spacial score (nSPS) is 11.0. The van der Waals surface area contributed by atoms with Crippen LogP contribution in [0.2, 0.25) is 15.1 Å². The van der Waals surface area contributed by atoms with Crippen molar-refractivity contribution in [3.05, 3.63) is 110 Å². The molecule has 2 N–H and O–H groups in total. The third-order valence-corrected chi connectivity index (χ3v) is 7.14. The number of aromatic nitrogens is 3. The van der Waals surface area contributed by atoms with Crippen LogP contribution >= 0.6 is 34.8 Å². The lowest BCUT2D eigenvalue weighted by atomic mass is 9.96. The van der Waals surface area contributed by atoms with Crippen LogP contribution < -0.4 is 15.9 Å². The minimum absolute atomic E-state index is 0.104. The van der Waals surface area contributed by atoms with Gasteiger partial charge in [-0.05, 0) is 55.0 Å². The van der Waals surface area contributed by atoms with E-state index in [1.165, 1.54) is 18.4 Å². The molecule has 3 aromatic heterocycles. The minimum Gasteiger partial charge on any atom is -0.325 e. The molecule has 0 saturated heterocycles. The number of halogens is 3. The highest BCUT2D eigenvalue weighted by Gasteiger charge is 2.25. The number of hydrogen-bond donors (Lipinski definition) is 1. The van der Waals surface area contributed by atoms with Gasteiger partial charge in [-0.3, -0.25) is 19.0 Å². The monoisotopic (exact) mass is 591 g/mol. The highest BCUT2D eigenvalue weighted by Crippen LogP contribution is 2.39. The Morgan fingerprint density at radius 3 is 2.30 bits per heavy atom. The molecule has 40 heavy (non-hydrogen) atoms. The molecule has 0 aliphatic heterocycles. The molecule has 0 aliphatic rings. The number of rotatable bonds is 6. The lowest BCUT2D eigenvalue weighted by Crippen LogP contribution is -2.30. The fraction of sp³-hybridized carbons (Fsp3) is 0.100. The molecule has 10 heteroatoms. The third kappa shape index (κ3) is 5.36. The summed E-state index contributed by atoms with van der Waals surface area (Å²) >= 11 is 19.0. The maximum Gasteiger partial charge on any atom is 0.265 e. The summed E-state index contributed by atoms with van der Waals surface area (Å²) in [7, 11) is 0. The number of amides is 1. The summed E-state index contributed by atoms with van der Waals surface area (Å²) < 4.78 is 1.43. The van der Waals surface area contributed by atoms with Gasteiger partial charge < -0.3 is 5.32 Å². The zero-order chi connectivity index (χ0) is 28.6. The molecular formula is C30H22Cl3N4O3+. The molecule has 5 aromatic rings. The Morgan fingerprint density at radius 1 is 0.950 bits per heavy atom. The lowest BCUT2D eigenvalue weighted by Gasteiger charge is -2.19. The van der Waals surface area contributed by atoms with Crippen molar-refractivity contribution in [1.82, 2.24) is 9.55 Å². The van der Waals surface area contributed by atoms with Gasteiger partial charge >= 0.3 is 0 Å². The number of benzene rings is 2. The van der Waals surface area contributed by atoms with Crippen LogP contribution in [0.1, 0.15) is 29.8 Å². The second-order valence-corrected chi connectivity index (χ2v) is 10.5. The first-order chi connectivity index (χ1) is 19.1. The molecule has 5 rings (SSSR count). The fourth-order valence-electron chi connectivity index (χ4n) is 4.59. The Balaban J connectivity index is 1.96. The van der Waals surface area contributed by atoms with Crippen LogP contribution in [-0.2, 0) is 11.3 Å². The highest BCUT2D eigenvalue weighted by atomic mass is 35.5. The first kappa shape index (κ1) is 27.5. The van der Waals surface area contributed by atoms with Crippen LogP contribution in [0.15, 0.2) is 77.9 Å². The summed E-state index contributed by atoms with van der Waals surface area (Å²) in [6.45, 7) is 2.73. The van der Waals surface area contributed by atoms with E-state index in [1.807, 2.05) is 24.3 Å². The van der Waals surface area contributed by atoms with Crippen LogP contribution in [0.4, 0.5) is 5.69 Å². The highest BCUT2D eigenvalue weighted by molar-refractivity contribution is 6.36. The number of H-pyrrole nitrogens is 1. The van der Waals surface area contributed by atoms with Gasteiger partial charge in [-0.25, -0.2) is 9.97 Å². The second kappa shape index (κ2) is 11.2. The van der Waals surface area contributed by atoms with Crippen molar-refractivity contribution in [3.63, 3.8) is 0 Å². The SMILES string of the molecule is CC(=O)Nc1c(C(C)=O)c(=O)n(Cc2ccc[nH+]c2)c2nc(-c3ccc(Cl)cc3Cl)c(-c3ccc(Cl)cc3)cc12. The van der Waals surface area contributed by atoms with E-state index in [-0.39, 0.29) is 23.4 Å². The predicted octanol–water partition coefficient (Wildman–Crippen LogP) is 6.71. The smallest absolute Gasteiger partial charge is 0.265 e. The molecule has 200 valence electrons. The summed E-state index contributed by atoms with van der Waals surface area (Å²) in [4.78, 5) is 47.0. The molecule has 0 fully saturated rings. The molecule has 7 nitrogen and oxygen atoms in total. The summed E-state index contributed by atoms with van der Waals surface area (Å²) in [6, 6.07) is 17.7. The number of carbonyl (C=O) groups is 2. The van der Waals surface area contributed by atoms with Gasteiger partial charge in [0.1, 0.15) is 11.2 Å². The Morgan fingerprint density at radius 2 is 1.68 bits per heavy atom. The second-order valence-electron chi connectivity index (χ2n) is 9.18. The maximum absolute atomic E-state index is 13.9. The van der Waals surface area contributed by atoms with E-state index >= 15 is 0 Å².